The number of aryl methyl sites for hydroxylation is 1. The zero-order valence-corrected chi connectivity index (χ0v) is 19.8. The topological polar surface area (TPSA) is 108 Å². The number of hydrogen-bond acceptors (Lipinski definition) is 6. The van der Waals surface area contributed by atoms with Gasteiger partial charge in [-0.25, -0.2) is 5.01 Å². The number of Topliss-reactive ketones (excluding diaryl/α,β-unsaturated/α-hetero) is 1. The number of ketones is 1. The van der Waals surface area contributed by atoms with Gasteiger partial charge in [0, 0.05) is 17.6 Å². The Morgan fingerprint density at radius 1 is 1.15 bits per heavy atom. The molecular weight excluding hydrogens is 428 g/mol. The van der Waals surface area contributed by atoms with Crippen LogP contribution in [0.4, 0.5) is 0 Å². The summed E-state index contributed by atoms with van der Waals surface area (Å²) >= 11 is 0. The van der Waals surface area contributed by atoms with Crippen molar-refractivity contribution in [2.24, 2.45) is 11.1 Å². The van der Waals surface area contributed by atoms with Crippen LogP contribution in [0.5, 0.6) is 5.75 Å². The molecule has 1 amide bonds. The summed E-state index contributed by atoms with van der Waals surface area (Å²) < 4.78 is 5.26. The number of rotatable bonds is 4. The van der Waals surface area contributed by atoms with Crippen molar-refractivity contribution in [2.75, 3.05) is 7.11 Å². The highest BCUT2D eigenvalue weighted by molar-refractivity contribution is 6.01. The first-order chi connectivity index (χ1) is 16.1. The maximum absolute atomic E-state index is 13.5. The number of nitriles is 1. The monoisotopic (exact) mass is 456 g/mol. The highest BCUT2D eigenvalue weighted by atomic mass is 16.5. The number of nitrogens with two attached hydrogens (primary N) is 1. The Balaban J connectivity index is 1.83. The molecule has 3 N–H and O–H groups in total. The summed E-state index contributed by atoms with van der Waals surface area (Å²) in [6, 6.07) is 16.6. The van der Waals surface area contributed by atoms with Crippen LogP contribution in [-0.2, 0) is 4.79 Å². The van der Waals surface area contributed by atoms with Crippen molar-refractivity contribution < 1.29 is 14.3 Å². The van der Waals surface area contributed by atoms with E-state index in [4.69, 9.17) is 10.5 Å². The molecule has 1 heterocycles. The number of benzene rings is 2. The Bertz CT molecular complexity index is 1250. The molecule has 1 aliphatic carbocycles. The molecule has 0 saturated carbocycles. The molecule has 2 aromatic carbocycles. The molecule has 2 aliphatic rings. The van der Waals surface area contributed by atoms with Crippen molar-refractivity contribution in [1.29, 1.82) is 5.26 Å². The Kier molecular flexibility index (Phi) is 5.92. The number of carbonyl (C=O) groups is 2. The third kappa shape index (κ3) is 4.15. The van der Waals surface area contributed by atoms with Gasteiger partial charge in [0.2, 0.25) is 0 Å². The van der Waals surface area contributed by atoms with Crippen LogP contribution in [0, 0.1) is 23.7 Å². The Morgan fingerprint density at radius 3 is 2.38 bits per heavy atom. The third-order valence-electron chi connectivity index (χ3n) is 6.36. The van der Waals surface area contributed by atoms with Gasteiger partial charge in [-0.15, -0.1) is 0 Å². The minimum Gasteiger partial charge on any atom is -0.497 e. The number of allylic oxidation sites excluding steroid dienone is 3. The molecule has 7 nitrogen and oxygen atoms in total. The van der Waals surface area contributed by atoms with Crippen LogP contribution in [0.15, 0.2) is 71.2 Å². The molecule has 4 rings (SSSR count). The van der Waals surface area contributed by atoms with Crippen molar-refractivity contribution in [3.63, 3.8) is 0 Å². The average molecular weight is 457 g/mol. The predicted octanol–water partition coefficient (Wildman–Crippen LogP) is 4.08. The first kappa shape index (κ1) is 23.1. The van der Waals surface area contributed by atoms with Crippen LogP contribution in [0.2, 0.25) is 0 Å². The molecule has 0 fully saturated rings. The predicted molar refractivity (Wildman–Crippen MR) is 128 cm³/mol. The van der Waals surface area contributed by atoms with Gasteiger partial charge in [-0.3, -0.25) is 15.0 Å². The Labute approximate surface area is 199 Å². The molecule has 0 radical (unpaired) electrons. The summed E-state index contributed by atoms with van der Waals surface area (Å²) in [5.74, 6) is -0.241. The summed E-state index contributed by atoms with van der Waals surface area (Å²) in [5, 5.41) is 11.5. The Hall–Kier alpha value is -4.05. The van der Waals surface area contributed by atoms with Crippen LogP contribution in [0.1, 0.15) is 54.1 Å². The molecule has 0 aromatic heterocycles. The molecule has 0 saturated heterocycles. The van der Waals surface area contributed by atoms with Gasteiger partial charge in [-0.2, -0.15) is 5.26 Å². The van der Waals surface area contributed by atoms with E-state index < -0.39 is 5.92 Å². The Morgan fingerprint density at radius 2 is 1.79 bits per heavy atom. The van der Waals surface area contributed by atoms with E-state index in [0.717, 1.165) is 11.1 Å². The van der Waals surface area contributed by atoms with E-state index in [1.54, 1.807) is 31.4 Å². The number of hydrogen-bond donors (Lipinski definition) is 2. The maximum atomic E-state index is 13.5. The van der Waals surface area contributed by atoms with E-state index >= 15 is 0 Å². The normalized spacial score (nSPS) is 19.4. The van der Waals surface area contributed by atoms with E-state index in [1.807, 2.05) is 45.0 Å². The van der Waals surface area contributed by atoms with E-state index in [-0.39, 0.29) is 28.5 Å². The van der Waals surface area contributed by atoms with Gasteiger partial charge in [0.25, 0.3) is 5.91 Å². The van der Waals surface area contributed by atoms with Gasteiger partial charge in [0.15, 0.2) is 5.78 Å². The zero-order chi connectivity index (χ0) is 24.6. The molecular formula is C27H28N4O3. The van der Waals surface area contributed by atoms with E-state index in [9.17, 15) is 14.9 Å². The summed E-state index contributed by atoms with van der Waals surface area (Å²) in [4.78, 5) is 26.5. The van der Waals surface area contributed by atoms with Crippen LogP contribution in [0.25, 0.3) is 0 Å². The minimum atomic E-state index is -0.609. The molecule has 7 heteroatoms. The van der Waals surface area contributed by atoms with Crippen LogP contribution < -0.4 is 15.9 Å². The zero-order valence-electron chi connectivity index (χ0n) is 19.8. The molecule has 2 aromatic rings. The van der Waals surface area contributed by atoms with E-state index in [0.29, 0.717) is 35.4 Å². The fourth-order valence-corrected chi connectivity index (χ4v) is 4.64. The van der Waals surface area contributed by atoms with Crippen molar-refractivity contribution in [3.05, 3.63) is 87.9 Å². The molecule has 34 heavy (non-hydrogen) atoms. The van der Waals surface area contributed by atoms with Gasteiger partial charge in [0.1, 0.15) is 11.6 Å². The van der Waals surface area contributed by atoms with Crippen LogP contribution in [-0.4, -0.2) is 23.8 Å². The molecule has 1 atom stereocenters. The highest BCUT2D eigenvalue weighted by Crippen LogP contribution is 2.48. The van der Waals surface area contributed by atoms with Crippen molar-refractivity contribution in [3.8, 4) is 11.8 Å². The van der Waals surface area contributed by atoms with Gasteiger partial charge < -0.3 is 10.5 Å². The van der Waals surface area contributed by atoms with Crippen LogP contribution in [0.3, 0.4) is 0 Å². The number of nitrogens with one attached hydrogen (secondary N) is 1. The number of methoxy groups -OCH3 is 1. The quantitative estimate of drug-likeness (QED) is 0.718. The lowest BCUT2D eigenvalue weighted by atomic mass is 9.69. The lowest BCUT2D eigenvalue weighted by Crippen LogP contribution is -2.49. The van der Waals surface area contributed by atoms with Gasteiger partial charge >= 0.3 is 0 Å². The maximum Gasteiger partial charge on any atom is 0.270 e. The van der Waals surface area contributed by atoms with E-state index in [2.05, 4.69) is 11.5 Å². The van der Waals surface area contributed by atoms with Crippen molar-refractivity contribution >= 4 is 11.7 Å². The minimum absolute atomic E-state index is 0.0538. The number of nitrogens with zero attached hydrogens (tertiary/aromatic N) is 2. The van der Waals surface area contributed by atoms with Crippen LogP contribution >= 0.6 is 0 Å². The number of carbonyl (C=O) groups excluding carboxylic acids is 2. The lowest BCUT2D eigenvalue weighted by Gasteiger charge is -2.43. The van der Waals surface area contributed by atoms with Gasteiger partial charge in [-0.1, -0.05) is 43.7 Å². The first-order valence-corrected chi connectivity index (χ1v) is 11.1. The summed E-state index contributed by atoms with van der Waals surface area (Å²) in [6.07, 6.45) is 0.866. The van der Waals surface area contributed by atoms with Gasteiger partial charge in [0.05, 0.1) is 30.4 Å². The summed E-state index contributed by atoms with van der Waals surface area (Å²) in [7, 11) is 1.58. The standard InChI is InChI=1S/C27H28N4O3/c1-16-5-7-18(8-6-16)26(33)30-31-21-13-27(2,3)14-22(32)24(21)23(20(15-28)25(31)29)17-9-11-19(34-4)12-10-17/h5-12,23H,13-14,29H2,1-4H3,(H,30,33). The third-order valence-corrected chi connectivity index (χ3v) is 6.36. The number of hydrazine groups is 1. The molecule has 0 spiro atoms. The molecule has 0 bridgehead atoms. The summed E-state index contributed by atoms with van der Waals surface area (Å²) in [6.45, 7) is 5.96. The SMILES string of the molecule is COc1ccc(C2C(C#N)=C(N)N(NC(=O)c3ccc(C)cc3)C3=C2C(=O)CC(C)(C)C3)cc1. The number of ether oxygens (including phenoxy) is 1. The van der Waals surface area contributed by atoms with Crippen molar-refractivity contribution in [1.82, 2.24) is 10.4 Å². The lowest BCUT2D eigenvalue weighted by molar-refractivity contribution is -0.118. The number of amides is 1. The second kappa shape index (κ2) is 8.71. The fourth-order valence-electron chi connectivity index (χ4n) is 4.64. The largest absolute Gasteiger partial charge is 0.497 e. The second-order valence-corrected chi connectivity index (χ2v) is 9.56. The van der Waals surface area contributed by atoms with Gasteiger partial charge in [-0.05, 0) is 48.6 Å². The molecule has 1 aliphatic heterocycles. The average Bonchev–Trinajstić information content (AvgIpc) is 2.80. The summed E-state index contributed by atoms with van der Waals surface area (Å²) in [5.41, 5.74) is 12.6. The fraction of sp³-hybridized carbons (Fsp3) is 0.296. The molecule has 1 unspecified atom stereocenters. The van der Waals surface area contributed by atoms with E-state index in [1.165, 1.54) is 5.01 Å². The highest BCUT2D eigenvalue weighted by Gasteiger charge is 2.44. The molecule has 174 valence electrons. The smallest absolute Gasteiger partial charge is 0.270 e. The second-order valence-electron chi connectivity index (χ2n) is 9.56. The van der Waals surface area contributed by atoms with Crippen molar-refractivity contribution in [2.45, 2.75) is 39.5 Å². The first-order valence-electron chi connectivity index (χ1n) is 11.1.